The summed E-state index contributed by atoms with van der Waals surface area (Å²) in [5.41, 5.74) is 4.55. The van der Waals surface area contributed by atoms with Crippen molar-refractivity contribution in [2.24, 2.45) is 7.05 Å². The Morgan fingerprint density at radius 1 is 1.17 bits per heavy atom. The summed E-state index contributed by atoms with van der Waals surface area (Å²) in [5.74, 6) is 2.56. The molecule has 4 rings (SSSR count). The maximum absolute atomic E-state index is 12.1. The van der Waals surface area contributed by atoms with Gasteiger partial charge >= 0.3 is 5.63 Å². The molecule has 150 valence electrons. The molecule has 0 saturated carbocycles. The third-order valence-corrected chi connectivity index (χ3v) is 6.20. The second kappa shape index (κ2) is 7.55. The van der Waals surface area contributed by atoms with Crippen molar-refractivity contribution in [3.63, 3.8) is 0 Å². The fourth-order valence-electron chi connectivity index (χ4n) is 3.57. The Morgan fingerprint density at radius 2 is 1.97 bits per heavy atom. The van der Waals surface area contributed by atoms with E-state index in [1.54, 1.807) is 24.1 Å². The highest BCUT2D eigenvalue weighted by Gasteiger charge is 2.16. The molecule has 3 aromatic heterocycles. The van der Waals surface area contributed by atoms with Crippen LogP contribution in [0.1, 0.15) is 42.2 Å². The van der Waals surface area contributed by atoms with Gasteiger partial charge in [0.15, 0.2) is 11.0 Å². The van der Waals surface area contributed by atoms with Gasteiger partial charge < -0.3 is 13.4 Å². The monoisotopic (exact) mass is 409 g/mol. The van der Waals surface area contributed by atoms with Gasteiger partial charge in [-0.25, -0.2) is 4.79 Å². The Morgan fingerprint density at radius 3 is 2.66 bits per heavy atom. The quantitative estimate of drug-likeness (QED) is 0.333. The van der Waals surface area contributed by atoms with E-state index >= 15 is 0 Å². The van der Waals surface area contributed by atoms with Crippen LogP contribution in [-0.2, 0) is 12.8 Å². The third-order valence-electron chi connectivity index (χ3n) is 5.13. The minimum atomic E-state index is -0.336. The highest BCUT2D eigenvalue weighted by Crippen LogP contribution is 2.31. The molecule has 0 aliphatic carbocycles. The average Bonchev–Trinajstić information content (AvgIpc) is 3.23. The van der Waals surface area contributed by atoms with Crippen LogP contribution in [0, 0.1) is 13.8 Å². The van der Waals surface area contributed by atoms with E-state index in [4.69, 9.17) is 8.83 Å². The van der Waals surface area contributed by atoms with Gasteiger partial charge in [-0.3, -0.25) is 0 Å². The van der Waals surface area contributed by atoms with Crippen LogP contribution in [0.4, 0.5) is 0 Å². The zero-order valence-corrected chi connectivity index (χ0v) is 18.0. The molecule has 0 spiro atoms. The Labute approximate surface area is 172 Å². The van der Waals surface area contributed by atoms with Crippen LogP contribution in [-0.4, -0.2) is 14.8 Å². The molecule has 0 atom stereocenters. The van der Waals surface area contributed by atoms with Crippen molar-refractivity contribution >= 4 is 22.7 Å². The zero-order valence-electron chi connectivity index (χ0n) is 17.1. The van der Waals surface area contributed by atoms with Crippen LogP contribution < -0.4 is 5.63 Å². The van der Waals surface area contributed by atoms with E-state index in [0.717, 1.165) is 38.8 Å². The van der Waals surface area contributed by atoms with E-state index < -0.39 is 0 Å². The van der Waals surface area contributed by atoms with E-state index in [-0.39, 0.29) is 5.63 Å². The normalized spacial score (nSPS) is 11.7. The Hall–Kier alpha value is -2.80. The third kappa shape index (κ3) is 3.62. The molecule has 0 aliphatic rings. The number of hydrogen-bond acceptors (Lipinski definition) is 6. The second-order valence-electron chi connectivity index (χ2n) is 7.49. The molecule has 29 heavy (non-hydrogen) atoms. The van der Waals surface area contributed by atoms with Gasteiger partial charge in [-0.05, 0) is 54.7 Å². The van der Waals surface area contributed by atoms with E-state index in [1.165, 1.54) is 5.56 Å². The van der Waals surface area contributed by atoms with Gasteiger partial charge in [-0.15, -0.1) is 10.2 Å². The summed E-state index contributed by atoms with van der Waals surface area (Å²) in [6.45, 7) is 8.29. The summed E-state index contributed by atoms with van der Waals surface area (Å²) in [6.07, 6.45) is 1.65. The fraction of sp³-hybridized carbons (Fsp3) is 0.318. The molecule has 0 aliphatic heterocycles. The molecule has 0 amide bonds. The molecular weight excluding hydrogens is 386 g/mol. The lowest BCUT2D eigenvalue weighted by Crippen LogP contribution is -2.02. The molecular formula is C22H23N3O3S. The number of nitrogens with zero attached hydrogens (tertiary/aromatic N) is 3. The molecule has 0 N–H and O–H groups in total. The lowest BCUT2D eigenvalue weighted by molar-refractivity contribution is 0.534. The van der Waals surface area contributed by atoms with Crippen LogP contribution in [0.15, 0.2) is 49.3 Å². The molecule has 6 nitrogen and oxygen atoms in total. The van der Waals surface area contributed by atoms with E-state index in [2.05, 4.69) is 37.0 Å². The lowest BCUT2D eigenvalue weighted by Gasteiger charge is -2.13. The molecule has 4 aromatic rings. The first-order valence-corrected chi connectivity index (χ1v) is 10.5. The Bertz CT molecular complexity index is 1250. The summed E-state index contributed by atoms with van der Waals surface area (Å²) in [7, 11) is 1.93. The molecule has 0 radical (unpaired) electrons. The largest absolute Gasteiger partial charge is 0.469 e. The molecule has 7 heteroatoms. The van der Waals surface area contributed by atoms with Crippen molar-refractivity contribution in [2.45, 2.75) is 44.5 Å². The van der Waals surface area contributed by atoms with Crippen molar-refractivity contribution in [1.29, 1.82) is 0 Å². The van der Waals surface area contributed by atoms with Crippen molar-refractivity contribution in [1.82, 2.24) is 14.8 Å². The van der Waals surface area contributed by atoms with Crippen LogP contribution in [0.2, 0.25) is 0 Å². The number of aryl methyl sites for hydroxylation is 2. The smallest absolute Gasteiger partial charge is 0.336 e. The summed E-state index contributed by atoms with van der Waals surface area (Å²) >= 11 is 1.54. The first-order valence-electron chi connectivity index (χ1n) is 9.49. The predicted octanol–water partition coefficient (Wildman–Crippen LogP) is 5.21. The highest BCUT2D eigenvalue weighted by atomic mass is 32.2. The predicted molar refractivity (Wildman–Crippen MR) is 114 cm³/mol. The van der Waals surface area contributed by atoms with Gasteiger partial charge in [0.25, 0.3) is 0 Å². The van der Waals surface area contributed by atoms with Crippen LogP contribution >= 0.6 is 11.8 Å². The SMILES string of the molecule is Cc1cc2oc(=O)cc(CSc3nnc(-c4ccoc4C)n3C)c2cc1C(C)C. The van der Waals surface area contributed by atoms with Crippen molar-refractivity contribution in [3.05, 3.63) is 63.4 Å². The van der Waals surface area contributed by atoms with E-state index in [9.17, 15) is 4.79 Å². The van der Waals surface area contributed by atoms with Crippen LogP contribution in [0.5, 0.6) is 0 Å². The highest BCUT2D eigenvalue weighted by molar-refractivity contribution is 7.98. The molecule has 1 aromatic carbocycles. The number of hydrogen-bond donors (Lipinski definition) is 0. The first-order chi connectivity index (χ1) is 13.8. The molecule has 3 heterocycles. The standard InChI is InChI=1S/C22H23N3O3S/c1-12(2)17-10-18-15(9-20(26)28-19(18)8-13(17)3)11-29-22-24-23-21(25(22)5)16-6-7-27-14(16)4/h6-10,12H,11H2,1-5H3. The van der Waals surface area contributed by atoms with E-state index in [1.807, 2.05) is 30.7 Å². The van der Waals surface area contributed by atoms with Gasteiger partial charge in [-0.2, -0.15) is 0 Å². The lowest BCUT2D eigenvalue weighted by atomic mass is 9.95. The van der Waals surface area contributed by atoms with Gasteiger partial charge in [0.2, 0.25) is 0 Å². The van der Waals surface area contributed by atoms with Crippen molar-refractivity contribution < 1.29 is 8.83 Å². The summed E-state index contributed by atoms with van der Waals surface area (Å²) in [6, 6.07) is 7.57. The topological polar surface area (TPSA) is 74.1 Å². The average molecular weight is 410 g/mol. The first kappa shape index (κ1) is 19.5. The van der Waals surface area contributed by atoms with Crippen molar-refractivity contribution in [2.75, 3.05) is 0 Å². The number of aromatic nitrogens is 3. The Balaban J connectivity index is 1.68. The van der Waals surface area contributed by atoms with Crippen LogP contribution in [0.25, 0.3) is 22.4 Å². The molecule has 0 unspecified atom stereocenters. The molecule has 0 fully saturated rings. The zero-order chi connectivity index (χ0) is 20.7. The number of fused-ring (bicyclic) bond motifs is 1. The minimum absolute atomic E-state index is 0.336. The maximum Gasteiger partial charge on any atom is 0.336 e. The summed E-state index contributed by atoms with van der Waals surface area (Å²) in [5, 5.41) is 10.4. The number of thioether (sulfide) groups is 1. The van der Waals surface area contributed by atoms with Gasteiger partial charge in [0.1, 0.15) is 11.3 Å². The number of benzene rings is 1. The summed E-state index contributed by atoms with van der Waals surface area (Å²) < 4.78 is 12.8. The second-order valence-corrected chi connectivity index (χ2v) is 8.44. The van der Waals surface area contributed by atoms with Gasteiger partial charge in [-0.1, -0.05) is 25.6 Å². The Kier molecular flexibility index (Phi) is 5.08. The van der Waals surface area contributed by atoms with Crippen LogP contribution in [0.3, 0.4) is 0 Å². The minimum Gasteiger partial charge on any atom is -0.469 e. The number of furan rings is 1. The summed E-state index contributed by atoms with van der Waals surface area (Å²) in [4.78, 5) is 12.1. The van der Waals surface area contributed by atoms with Crippen molar-refractivity contribution in [3.8, 4) is 11.4 Å². The number of rotatable bonds is 5. The fourth-order valence-corrected chi connectivity index (χ4v) is 4.47. The molecule has 0 bridgehead atoms. The van der Waals surface area contributed by atoms with Gasteiger partial charge in [0, 0.05) is 24.3 Å². The van der Waals surface area contributed by atoms with Gasteiger partial charge in [0.05, 0.1) is 11.8 Å². The van der Waals surface area contributed by atoms with E-state index in [0.29, 0.717) is 17.3 Å². The molecule has 0 saturated heterocycles. The maximum atomic E-state index is 12.1.